The average Bonchev–Trinajstić information content (AvgIpc) is 2.30. The maximum absolute atomic E-state index is 11.1. The van der Waals surface area contributed by atoms with Crippen molar-refractivity contribution in [2.24, 2.45) is 0 Å². The molecule has 0 aliphatic carbocycles. The Hall–Kier alpha value is -0.850. The van der Waals surface area contributed by atoms with Crippen molar-refractivity contribution in [3.63, 3.8) is 0 Å². The second-order valence-electron chi connectivity index (χ2n) is 4.50. The first-order valence-corrected chi connectivity index (χ1v) is 5.81. The van der Waals surface area contributed by atoms with Gasteiger partial charge in [-0.2, -0.15) is 0 Å². The lowest BCUT2D eigenvalue weighted by Crippen LogP contribution is -2.63. The first kappa shape index (κ1) is 11.6. The Kier molecular flexibility index (Phi) is 3.63. The molecule has 6 heteroatoms. The van der Waals surface area contributed by atoms with Crippen LogP contribution in [0.2, 0.25) is 0 Å². The third-order valence-electron chi connectivity index (χ3n) is 3.42. The standard InChI is InChI=1S/C10H20N4O2/c1-12-4-6-13(7-5-12)9-8-11-2-3-14(9)10(15)16/h9,11H,2-8H2,1H3,(H,15,16). The number of likely N-dealkylation sites (N-methyl/N-ethyl adjacent to an activating group) is 1. The molecule has 2 aliphatic heterocycles. The quantitative estimate of drug-likeness (QED) is 0.612. The molecule has 0 aromatic rings. The largest absolute Gasteiger partial charge is 0.465 e. The molecule has 2 rings (SSSR count). The molecular formula is C10H20N4O2. The molecule has 1 unspecified atom stereocenters. The molecule has 0 aromatic carbocycles. The van der Waals surface area contributed by atoms with E-state index in [1.54, 1.807) is 4.90 Å². The van der Waals surface area contributed by atoms with Crippen molar-refractivity contribution in [3.8, 4) is 0 Å². The SMILES string of the molecule is CN1CCN(C2CNCCN2C(=O)O)CC1. The Morgan fingerprint density at radius 1 is 1.25 bits per heavy atom. The van der Waals surface area contributed by atoms with Crippen LogP contribution in [0, 0.1) is 0 Å². The van der Waals surface area contributed by atoms with E-state index >= 15 is 0 Å². The average molecular weight is 228 g/mol. The molecule has 92 valence electrons. The number of nitrogens with zero attached hydrogens (tertiary/aromatic N) is 3. The number of carbonyl (C=O) groups is 1. The summed E-state index contributed by atoms with van der Waals surface area (Å²) in [7, 11) is 2.10. The summed E-state index contributed by atoms with van der Waals surface area (Å²) in [5.41, 5.74) is 0. The van der Waals surface area contributed by atoms with Crippen LogP contribution in [0.25, 0.3) is 0 Å². The van der Waals surface area contributed by atoms with Gasteiger partial charge in [-0.15, -0.1) is 0 Å². The summed E-state index contributed by atoms with van der Waals surface area (Å²) < 4.78 is 0. The van der Waals surface area contributed by atoms with Crippen molar-refractivity contribution in [2.45, 2.75) is 6.17 Å². The van der Waals surface area contributed by atoms with Crippen LogP contribution in [0.5, 0.6) is 0 Å². The van der Waals surface area contributed by atoms with Crippen molar-refractivity contribution in [2.75, 3.05) is 52.9 Å². The van der Waals surface area contributed by atoms with Gasteiger partial charge in [0.25, 0.3) is 0 Å². The number of hydrogen-bond acceptors (Lipinski definition) is 4. The van der Waals surface area contributed by atoms with E-state index in [0.29, 0.717) is 6.54 Å². The van der Waals surface area contributed by atoms with Gasteiger partial charge in [0.2, 0.25) is 0 Å². The van der Waals surface area contributed by atoms with E-state index in [1.807, 2.05) is 0 Å². The van der Waals surface area contributed by atoms with Crippen LogP contribution in [-0.2, 0) is 0 Å². The molecule has 1 atom stereocenters. The van der Waals surface area contributed by atoms with Crippen LogP contribution in [0.15, 0.2) is 0 Å². The predicted octanol–water partition coefficient (Wildman–Crippen LogP) is -0.857. The van der Waals surface area contributed by atoms with Crippen LogP contribution in [0.4, 0.5) is 4.79 Å². The van der Waals surface area contributed by atoms with Crippen LogP contribution in [-0.4, -0.2) is 84.9 Å². The summed E-state index contributed by atoms with van der Waals surface area (Å²) >= 11 is 0. The van der Waals surface area contributed by atoms with Crippen molar-refractivity contribution in [3.05, 3.63) is 0 Å². The highest BCUT2D eigenvalue weighted by Crippen LogP contribution is 2.11. The minimum Gasteiger partial charge on any atom is -0.465 e. The van der Waals surface area contributed by atoms with E-state index in [-0.39, 0.29) is 6.17 Å². The van der Waals surface area contributed by atoms with E-state index in [4.69, 9.17) is 5.11 Å². The second kappa shape index (κ2) is 4.99. The molecule has 0 saturated carbocycles. The molecule has 2 heterocycles. The monoisotopic (exact) mass is 228 g/mol. The zero-order chi connectivity index (χ0) is 11.5. The van der Waals surface area contributed by atoms with Crippen LogP contribution in [0.1, 0.15) is 0 Å². The van der Waals surface area contributed by atoms with Crippen molar-refractivity contribution in [1.82, 2.24) is 20.0 Å². The van der Waals surface area contributed by atoms with Crippen molar-refractivity contribution >= 4 is 6.09 Å². The fourth-order valence-corrected chi connectivity index (χ4v) is 2.36. The van der Waals surface area contributed by atoms with E-state index in [2.05, 4.69) is 22.2 Å². The van der Waals surface area contributed by atoms with Gasteiger partial charge in [-0.3, -0.25) is 9.80 Å². The molecule has 0 aromatic heterocycles. The molecule has 2 fully saturated rings. The Labute approximate surface area is 95.8 Å². The lowest BCUT2D eigenvalue weighted by molar-refractivity contribution is 0.00618. The maximum atomic E-state index is 11.1. The summed E-state index contributed by atoms with van der Waals surface area (Å²) in [6, 6.07) is 0. The third kappa shape index (κ3) is 2.45. The topological polar surface area (TPSA) is 59.0 Å². The minimum atomic E-state index is -0.801. The predicted molar refractivity (Wildman–Crippen MR) is 60.5 cm³/mol. The zero-order valence-electron chi connectivity index (χ0n) is 9.72. The van der Waals surface area contributed by atoms with Gasteiger partial charge >= 0.3 is 6.09 Å². The van der Waals surface area contributed by atoms with Crippen LogP contribution < -0.4 is 5.32 Å². The lowest BCUT2D eigenvalue weighted by atomic mass is 10.2. The van der Waals surface area contributed by atoms with E-state index in [1.165, 1.54) is 0 Å². The summed E-state index contributed by atoms with van der Waals surface area (Å²) in [5.74, 6) is 0. The molecule has 2 N–H and O–H groups in total. The minimum absolute atomic E-state index is 0.0138. The molecular weight excluding hydrogens is 208 g/mol. The molecule has 0 bridgehead atoms. The number of hydrogen-bond donors (Lipinski definition) is 2. The van der Waals surface area contributed by atoms with Gasteiger partial charge < -0.3 is 15.3 Å². The molecule has 6 nitrogen and oxygen atoms in total. The normalized spacial score (nSPS) is 29.3. The fourth-order valence-electron chi connectivity index (χ4n) is 2.36. The Balaban J connectivity index is 1.97. The molecule has 16 heavy (non-hydrogen) atoms. The molecule has 2 aliphatic rings. The summed E-state index contributed by atoms with van der Waals surface area (Å²) in [6.45, 7) is 6.03. The first-order valence-electron chi connectivity index (χ1n) is 5.81. The number of carboxylic acid groups (broad SMARTS) is 1. The van der Waals surface area contributed by atoms with Gasteiger partial charge in [0.15, 0.2) is 0 Å². The second-order valence-corrected chi connectivity index (χ2v) is 4.50. The van der Waals surface area contributed by atoms with Gasteiger partial charge in [0.1, 0.15) is 6.17 Å². The smallest absolute Gasteiger partial charge is 0.408 e. The van der Waals surface area contributed by atoms with Crippen LogP contribution in [0.3, 0.4) is 0 Å². The first-order chi connectivity index (χ1) is 7.68. The maximum Gasteiger partial charge on any atom is 0.408 e. The van der Waals surface area contributed by atoms with E-state index in [9.17, 15) is 4.79 Å². The van der Waals surface area contributed by atoms with Crippen LogP contribution >= 0.6 is 0 Å². The Morgan fingerprint density at radius 2 is 1.94 bits per heavy atom. The number of nitrogens with one attached hydrogen (secondary N) is 1. The molecule has 0 radical (unpaired) electrons. The van der Waals surface area contributed by atoms with Gasteiger partial charge in [-0.1, -0.05) is 0 Å². The lowest BCUT2D eigenvalue weighted by Gasteiger charge is -2.44. The fraction of sp³-hybridized carbons (Fsp3) is 0.900. The molecule has 2 saturated heterocycles. The zero-order valence-corrected chi connectivity index (χ0v) is 9.72. The van der Waals surface area contributed by atoms with Gasteiger partial charge in [0, 0.05) is 45.8 Å². The Bertz CT molecular complexity index is 253. The van der Waals surface area contributed by atoms with Crippen molar-refractivity contribution in [1.29, 1.82) is 0 Å². The number of rotatable bonds is 1. The van der Waals surface area contributed by atoms with Crippen molar-refractivity contribution < 1.29 is 9.90 Å². The number of piperazine rings is 2. The summed E-state index contributed by atoms with van der Waals surface area (Å²) in [5, 5.41) is 12.4. The number of amides is 1. The summed E-state index contributed by atoms with van der Waals surface area (Å²) in [6.07, 6.45) is -0.787. The van der Waals surface area contributed by atoms with E-state index < -0.39 is 6.09 Å². The molecule has 1 amide bonds. The summed E-state index contributed by atoms with van der Waals surface area (Å²) in [4.78, 5) is 17.2. The van der Waals surface area contributed by atoms with E-state index in [0.717, 1.165) is 39.3 Å². The highest BCUT2D eigenvalue weighted by atomic mass is 16.4. The highest BCUT2D eigenvalue weighted by Gasteiger charge is 2.32. The van der Waals surface area contributed by atoms with Gasteiger partial charge in [-0.25, -0.2) is 4.79 Å². The molecule has 0 spiro atoms. The third-order valence-corrected chi connectivity index (χ3v) is 3.42. The highest BCUT2D eigenvalue weighted by molar-refractivity contribution is 5.65. The van der Waals surface area contributed by atoms with Gasteiger partial charge in [0.05, 0.1) is 0 Å². The van der Waals surface area contributed by atoms with Gasteiger partial charge in [-0.05, 0) is 7.05 Å². The Morgan fingerprint density at radius 3 is 2.56 bits per heavy atom.